The predicted octanol–water partition coefficient (Wildman–Crippen LogP) is 4.85. The lowest BCUT2D eigenvalue weighted by Crippen LogP contribution is -2.07. The summed E-state index contributed by atoms with van der Waals surface area (Å²) in [6.45, 7) is 6.71. The highest BCUT2D eigenvalue weighted by Crippen LogP contribution is 2.35. The van der Waals surface area contributed by atoms with E-state index in [1.54, 1.807) is 0 Å². The highest BCUT2D eigenvalue weighted by Gasteiger charge is 2.16. The maximum atomic E-state index is 5.95. The van der Waals surface area contributed by atoms with Crippen molar-refractivity contribution in [3.8, 4) is 0 Å². The van der Waals surface area contributed by atoms with Gasteiger partial charge in [0.2, 0.25) is 0 Å². The van der Waals surface area contributed by atoms with E-state index in [4.69, 9.17) is 11.6 Å². The molecule has 0 aliphatic rings. The molecule has 0 amide bonds. The lowest BCUT2D eigenvalue weighted by Gasteiger charge is -2.14. The Morgan fingerprint density at radius 2 is 1.86 bits per heavy atom. The molecule has 0 aliphatic heterocycles. The summed E-state index contributed by atoms with van der Waals surface area (Å²) in [5.41, 5.74) is 0.232. The van der Waals surface area contributed by atoms with Gasteiger partial charge in [-0.1, -0.05) is 32.4 Å². The van der Waals surface area contributed by atoms with E-state index in [0.29, 0.717) is 0 Å². The Morgan fingerprint density at radius 1 is 1.14 bits per heavy atom. The molecule has 2 aromatic rings. The Bertz CT molecular complexity index is 463. The first-order chi connectivity index (χ1) is 6.47. The molecule has 1 aromatic carbocycles. The number of hydrogen-bond acceptors (Lipinski definition) is 1. The van der Waals surface area contributed by atoms with Crippen molar-refractivity contribution in [2.75, 3.05) is 0 Å². The summed E-state index contributed by atoms with van der Waals surface area (Å²) in [6.07, 6.45) is 0. The fourth-order valence-electron chi connectivity index (χ4n) is 1.38. The van der Waals surface area contributed by atoms with Gasteiger partial charge in [0.15, 0.2) is 0 Å². The smallest absolute Gasteiger partial charge is 0.0412 e. The summed E-state index contributed by atoms with van der Waals surface area (Å²) >= 11 is 7.80. The summed E-state index contributed by atoms with van der Waals surface area (Å²) in [5.74, 6) is 0. The monoisotopic (exact) mass is 224 g/mol. The Hall–Kier alpha value is -0.530. The Morgan fingerprint density at radius 3 is 2.50 bits per heavy atom. The molecule has 0 nitrogen and oxygen atoms in total. The fraction of sp³-hybridized carbons (Fsp3) is 0.333. The van der Waals surface area contributed by atoms with Crippen molar-refractivity contribution in [2.24, 2.45) is 0 Å². The Balaban J connectivity index is 2.63. The lowest BCUT2D eigenvalue weighted by atomic mass is 9.94. The molecule has 0 radical (unpaired) electrons. The number of rotatable bonds is 0. The quantitative estimate of drug-likeness (QED) is 0.600. The minimum atomic E-state index is 0.232. The average molecular weight is 225 g/mol. The van der Waals surface area contributed by atoms with E-state index in [1.165, 1.54) is 15.0 Å². The van der Waals surface area contributed by atoms with Crippen LogP contribution in [0.4, 0.5) is 0 Å². The summed E-state index contributed by atoms with van der Waals surface area (Å²) in [4.78, 5) is 1.41. The van der Waals surface area contributed by atoms with Crippen molar-refractivity contribution in [2.45, 2.75) is 26.2 Å². The highest BCUT2D eigenvalue weighted by molar-refractivity contribution is 7.19. The Labute approximate surface area is 93.5 Å². The number of benzene rings is 1. The van der Waals surface area contributed by atoms with E-state index < -0.39 is 0 Å². The van der Waals surface area contributed by atoms with Crippen molar-refractivity contribution in [3.63, 3.8) is 0 Å². The summed E-state index contributed by atoms with van der Waals surface area (Å²) in [6, 6.07) is 8.32. The molecular weight excluding hydrogens is 212 g/mol. The van der Waals surface area contributed by atoms with Gasteiger partial charge in [-0.2, -0.15) is 0 Å². The molecule has 0 saturated carbocycles. The minimum Gasteiger partial charge on any atom is -0.140 e. The van der Waals surface area contributed by atoms with Crippen LogP contribution in [0.2, 0.25) is 5.02 Å². The molecule has 0 N–H and O–H groups in total. The second-order valence-electron chi connectivity index (χ2n) is 4.54. The van der Waals surface area contributed by atoms with Crippen LogP contribution < -0.4 is 0 Å². The molecule has 2 heteroatoms. The number of fused-ring (bicyclic) bond motifs is 1. The van der Waals surface area contributed by atoms with Crippen LogP contribution >= 0.6 is 22.9 Å². The third kappa shape index (κ3) is 1.79. The first kappa shape index (κ1) is 10.0. The summed E-state index contributed by atoms with van der Waals surface area (Å²) < 4.78 is 1.32. The number of halogens is 1. The molecule has 0 bridgehead atoms. The number of thiophene rings is 1. The zero-order valence-electron chi connectivity index (χ0n) is 8.60. The molecule has 0 aliphatic carbocycles. The largest absolute Gasteiger partial charge is 0.140 e. The Kier molecular flexibility index (Phi) is 2.32. The molecule has 0 spiro atoms. The predicted molar refractivity (Wildman–Crippen MR) is 65.5 cm³/mol. The third-order valence-electron chi connectivity index (χ3n) is 2.22. The van der Waals surface area contributed by atoms with Crippen molar-refractivity contribution in [1.82, 2.24) is 0 Å². The van der Waals surface area contributed by atoms with Crippen LogP contribution in [0.1, 0.15) is 25.6 Å². The first-order valence-corrected chi connectivity index (χ1v) is 5.86. The van der Waals surface area contributed by atoms with Gasteiger partial charge in [-0.25, -0.2) is 0 Å². The van der Waals surface area contributed by atoms with Crippen LogP contribution in [0.25, 0.3) is 10.1 Å². The molecule has 14 heavy (non-hydrogen) atoms. The van der Waals surface area contributed by atoms with E-state index in [9.17, 15) is 0 Å². The van der Waals surface area contributed by atoms with Gasteiger partial charge in [-0.3, -0.25) is 0 Å². The third-order valence-corrected chi connectivity index (χ3v) is 3.99. The fourth-order valence-corrected chi connectivity index (χ4v) is 2.67. The van der Waals surface area contributed by atoms with Gasteiger partial charge in [-0.15, -0.1) is 11.3 Å². The van der Waals surface area contributed by atoms with Crippen LogP contribution in [-0.4, -0.2) is 0 Å². The van der Waals surface area contributed by atoms with Crippen LogP contribution in [0.5, 0.6) is 0 Å². The van der Waals surface area contributed by atoms with Crippen molar-refractivity contribution in [1.29, 1.82) is 0 Å². The molecular formula is C12H13ClS. The molecule has 1 heterocycles. The van der Waals surface area contributed by atoms with E-state index in [2.05, 4.69) is 32.9 Å². The van der Waals surface area contributed by atoms with Crippen molar-refractivity contribution in [3.05, 3.63) is 34.2 Å². The molecule has 0 saturated heterocycles. The van der Waals surface area contributed by atoms with E-state index in [0.717, 1.165) is 5.02 Å². The zero-order valence-corrected chi connectivity index (χ0v) is 10.2. The zero-order chi connectivity index (χ0) is 10.3. The maximum Gasteiger partial charge on any atom is 0.0412 e. The minimum absolute atomic E-state index is 0.232. The van der Waals surface area contributed by atoms with Gasteiger partial charge >= 0.3 is 0 Å². The van der Waals surface area contributed by atoms with Crippen LogP contribution in [0.3, 0.4) is 0 Å². The number of hydrogen-bond donors (Lipinski definition) is 0. The second-order valence-corrected chi connectivity index (χ2v) is 6.06. The normalized spacial score (nSPS) is 12.3. The van der Waals surface area contributed by atoms with Gasteiger partial charge in [-0.05, 0) is 35.1 Å². The van der Waals surface area contributed by atoms with Gasteiger partial charge in [0.1, 0.15) is 0 Å². The highest BCUT2D eigenvalue weighted by atomic mass is 35.5. The standard InChI is InChI=1S/C12H13ClS/c1-12(2,3)11-7-8-6-9(13)4-5-10(8)14-11/h4-7H,1-3H3. The maximum absolute atomic E-state index is 5.95. The SMILES string of the molecule is CC(C)(C)c1cc2cc(Cl)ccc2s1. The second kappa shape index (κ2) is 3.25. The van der Waals surface area contributed by atoms with Crippen LogP contribution in [0.15, 0.2) is 24.3 Å². The first-order valence-electron chi connectivity index (χ1n) is 4.66. The molecule has 1 aromatic heterocycles. The topological polar surface area (TPSA) is 0 Å². The van der Waals surface area contributed by atoms with Gasteiger partial charge in [0.05, 0.1) is 0 Å². The summed E-state index contributed by atoms with van der Waals surface area (Å²) in [7, 11) is 0. The van der Waals surface area contributed by atoms with Gasteiger partial charge in [0.25, 0.3) is 0 Å². The van der Waals surface area contributed by atoms with E-state index in [1.807, 2.05) is 23.5 Å². The summed E-state index contributed by atoms with van der Waals surface area (Å²) in [5, 5.41) is 2.07. The van der Waals surface area contributed by atoms with Crippen LogP contribution in [-0.2, 0) is 5.41 Å². The average Bonchev–Trinajstić information content (AvgIpc) is 2.45. The molecule has 0 unspecified atom stereocenters. The molecule has 0 atom stereocenters. The van der Waals surface area contributed by atoms with Gasteiger partial charge < -0.3 is 0 Å². The molecule has 74 valence electrons. The van der Waals surface area contributed by atoms with Crippen LogP contribution in [0, 0.1) is 0 Å². The molecule has 2 rings (SSSR count). The van der Waals surface area contributed by atoms with Gasteiger partial charge in [0, 0.05) is 14.6 Å². The van der Waals surface area contributed by atoms with E-state index >= 15 is 0 Å². The van der Waals surface area contributed by atoms with Crippen molar-refractivity contribution >= 4 is 33.0 Å². The molecule has 0 fully saturated rings. The van der Waals surface area contributed by atoms with Crippen molar-refractivity contribution < 1.29 is 0 Å². The van der Waals surface area contributed by atoms with E-state index in [-0.39, 0.29) is 5.41 Å². The lowest BCUT2D eigenvalue weighted by molar-refractivity contribution is 0.604.